The van der Waals surface area contributed by atoms with E-state index in [4.69, 9.17) is 10.00 Å². The van der Waals surface area contributed by atoms with Gasteiger partial charge in [0.25, 0.3) is 0 Å². The zero-order chi connectivity index (χ0) is 17.8. The van der Waals surface area contributed by atoms with Gasteiger partial charge in [0.05, 0.1) is 23.8 Å². The van der Waals surface area contributed by atoms with Gasteiger partial charge < -0.3 is 15.4 Å². The first-order chi connectivity index (χ1) is 11.4. The number of aliphatic imine (C=N–C) groups is 1. The van der Waals surface area contributed by atoms with E-state index < -0.39 is 0 Å². The molecule has 1 aliphatic carbocycles. The number of ether oxygens (including phenoxy) is 1. The number of nitriles is 1. The van der Waals surface area contributed by atoms with E-state index in [2.05, 4.69) is 49.4 Å². The van der Waals surface area contributed by atoms with Crippen molar-refractivity contribution >= 4 is 5.96 Å². The maximum Gasteiger partial charge on any atom is 0.191 e. The van der Waals surface area contributed by atoms with Crippen LogP contribution in [0.3, 0.4) is 0 Å². The summed E-state index contributed by atoms with van der Waals surface area (Å²) in [6, 6.07) is 9.99. The van der Waals surface area contributed by atoms with E-state index in [0.29, 0.717) is 18.2 Å². The Hall–Kier alpha value is -2.06. The topological polar surface area (TPSA) is 69.4 Å². The van der Waals surface area contributed by atoms with E-state index in [-0.39, 0.29) is 11.0 Å². The molecule has 0 spiro atoms. The Balaban J connectivity index is 2.03. The van der Waals surface area contributed by atoms with Crippen LogP contribution in [0.1, 0.15) is 45.2 Å². The van der Waals surface area contributed by atoms with Gasteiger partial charge >= 0.3 is 0 Å². The van der Waals surface area contributed by atoms with Gasteiger partial charge in [0.2, 0.25) is 0 Å². The highest BCUT2D eigenvalue weighted by molar-refractivity contribution is 5.80. The summed E-state index contributed by atoms with van der Waals surface area (Å²) in [4.78, 5) is 4.67. The Bertz CT molecular complexity index is 630. The molecule has 130 valence electrons. The van der Waals surface area contributed by atoms with Crippen LogP contribution in [0.4, 0.5) is 0 Å². The summed E-state index contributed by atoms with van der Waals surface area (Å²) in [5, 5.41) is 15.7. The van der Waals surface area contributed by atoms with Crippen LogP contribution in [0.25, 0.3) is 0 Å². The van der Waals surface area contributed by atoms with Gasteiger partial charge in [-0.1, -0.05) is 26.0 Å². The number of nitrogens with one attached hydrogen (secondary N) is 2. The van der Waals surface area contributed by atoms with Crippen LogP contribution in [0.15, 0.2) is 29.3 Å². The first-order valence-electron chi connectivity index (χ1n) is 8.45. The Labute approximate surface area is 145 Å². The van der Waals surface area contributed by atoms with E-state index in [1.807, 2.05) is 24.3 Å². The van der Waals surface area contributed by atoms with Crippen molar-refractivity contribution in [2.24, 2.45) is 10.4 Å². The zero-order valence-electron chi connectivity index (χ0n) is 15.3. The largest absolute Gasteiger partial charge is 0.378 e. The molecule has 2 N–H and O–H groups in total. The molecule has 1 aliphatic rings. The van der Waals surface area contributed by atoms with Gasteiger partial charge in [-0.05, 0) is 38.0 Å². The van der Waals surface area contributed by atoms with Crippen LogP contribution in [-0.4, -0.2) is 31.3 Å². The molecule has 1 aromatic carbocycles. The molecule has 1 aromatic rings. The average molecular weight is 328 g/mol. The number of methoxy groups -OCH3 is 1. The lowest BCUT2D eigenvalue weighted by atomic mass is 9.56. The number of guanidine groups is 1. The fourth-order valence-corrected chi connectivity index (χ4v) is 3.06. The fourth-order valence-electron chi connectivity index (χ4n) is 3.06. The summed E-state index contributed by atoms with van der Waals surface area (Å²) in [7, 11) is 1.78. The molecular formula is C19H28N4O. The summed E-state index contributed by atoms with van der Waals surface area (Å²) >= 11 is 0. The molecule has 0 saturated heterocycles. The van der Waals surface area contributed by atoms with Crippen molar-refractivity contribution < 1.29 is 4.74 Å². The minimum Gasteiger partial charge on any atom is -0.378 e. The van der Waals surface area contributed by atoms with Crippen molar-refractivity contribution in [2.45, 2.75) is 52.3 Å². The lowest BCUT2D eigenvalue weighted by molar-refractivity contribution is -0.176. The molecule has 5 heteroatoms. The van der Waals surface area contributed by atoms with Gasteiger partial charge in [0.15, 0.2) is 5.96 Å². The predicted octanol–water partition coefficient (Wildman–Crippen LogP) is 2.82. The Morgan fingerprint density at radius 1 is 1.33 bits per heavy atom. The second kappa shape index (κ2) is 7.23. The molecule has 24 heavy (non-hydrogen) atoms. The smallest absolute Gasteiger partial charge is 0.191 e. The highest BCUT2D eigenvalue weighted by atomic mass is 16.5. The Morgan fingerprint density at radius 2 is 2.00 bits per heavy atom. The van der Waals surface area contributed by atoms with Gasteiger partial charge in [-0.15, -0.1) is 0 Å². The Kier molecular flexibility index (Phi) is 5.51. The number of hydrogen-bond acceptors (Lipinski definition) is 3. The summed E-state index contributed by atoms with van der Waals surface area (Å²) in [5.41, 5.74) is 1.69. The monoisotopic (exact) mass is 328 g/mol. The molecule has 2 atom stereocenters. The maximum absolute atomic E-state index is 8.85. The van der Waals surface area contributed by atoms with Crippen LogP contribution in [0.2, 0.25) is 0 Å². The van der Waals surface area contributed by atoms with E-state index in [1.165, 1.54) is 0 Å². The lowest BCUT2D eigenvalue weighted by Crippen LogP contribution is -2.69. The van der Waals surface area contributed by atoms with Gasteiger partial charge in [0, 0.05) is 25.1 Å². The van der Waals surface area contributed by atoms with Crippen molar-refractivity contribution in [2.75, 3.05) is 13.7 Å². The molecule has 1 fully saturated rings. The van der Waals surface area contributed by atoms with Crippen molar-refractivity contribution in [1.29, 1.82) is 5.26 Å². The number of hydrogen-bond donors (Lipinski definition) is 2. The molecule has 1 saturated carbocycles. The number of benzene rings is 1. The highest BCUT2D eigenvalue weighted by Crippen LogP contribution is 2.51. The SMILES string of the molecule is CCNC(=NCc1ccc(C#N)cc1)NC1CC(C)(OC)C1(C)C. The van der Waals surface area contributed by atoms with Crippen molar-refractivity contribution in [3.8, 4) is 6.07 Å². The number of rotatable bonds is 5. The lowest BCUT2D eigenvalue weighted by Gasteiger charge is -2.59. The minimum absolute atomic E-state index is 0.0341. The van der Waals surface area contributed by atoms with E-state index >= 15 is 0 Å². The minimum atomic E-state index is -0.102. The van der Waals surface area contributed by atoms with E-state index in [1.54, 1.807) is 7.11 Å². The average Bonchev–Trinajstić information content (AvgIpc) is 2.59. The Morgan fingerprint density at radius 3 is 2.50 bits per heavy atom. The fraction of sp³-hybridized carbons (Fsp3) is 0.579. The van der Waals surface area contributed by atoms with Crippen LogP contribution in [0, 0.1) is 16.7 Å². The summed E-state index contributed by atoms with van der Waals surface area (Å²) in [5.74, 6) is 0.818. The van der Waals surface area contributed by atoms with Crippen LogP contribution in [0.5, 0.6) is 0 Å². The van der Waals surface area contributed by atoms with Crippen LogP contribution >= 0.6 is 0 Å². The predicted molar refractivity (Wildman–Crippen MR) is 96.7 cm³/mol. The zero-order valence-corrected chi connectivity index (χ0v) is 15.3. The third-order valence-electron chi connectivity index (χ3n) is 5.44. The molecule has 2 rings (SSSR count). The molecular weight excluding hydrogens is 300 g/mol. The summed E-state index contributed by atoms with van der Waals surface area (Å²) in [6.45, 7) is 10.1. The second-order valence-corrected chi connectivity index (χ2v) is 7.06. The van der Waals surface area contributed by atoms with Gasteiger partial charge in [-0.3, -0.25) is 0 Å². The molecule has 5 nitrogen and oxygen atoms in total. The first-order valence-corrected chi connectivity index (χ1v) is 8.45. The molecule has 2 unspecified atom stereocenters. The van der Waals surface area contributed by atoms with E-state index in [9.17, 15) is 0 Å². The first kappa shape index (κ1) is 18.3. The van der Waals surface area contributed by atoms with Crippen molar-refractivity contribution in [3.05, 3.63) is 35.4 Å². The normalized spacial score (nSPS) is 25.5. The van der Waals surface area contributed by atoms with Crippen LogP contribution < -0.4 is 10.6 Å². The van der Waals surface area contributed by atoms with Gasteiger partial charge in [-0.2, -0.15) is 5.26 Å². The molecule has 0 bridgehead atoms. The van der Waals surface area contributed by atoms with Gasteiger partial charge in [-0.25, -0.2) is 4.99 Å². The van der Waals surface area contributed by atoms with E-state index in [0.717, 1.165) is 24.5 Å². The maximum atomic E-state index is 8.85. The molecule has 0 aliphatic heterocycles. The summed E-state index contributed by atoms with van der Waals surface area (Å²) in [6.07, 6.45) is 0.956. The molecule has 0 heterocycles. The third kappa shape index (κ3) is 3.54. The quantitative estimate of drug-likeness (QED) is 0.644. The standard InChI is InChI=1S/C19H28N4O/c1-6-21-17(22-13-15-9-7-14(12-20)8-10-15)23-16-11-19(4,24-5)18(16,2)3/h7-10,16H,6,11,13H2,1-5H3,(H2,21,22,23). The van der Waals surface area contributed by atoms with Crippen molar-refractivity contribution in [1.82, 2.24) is 10.6 Å². The van der Waals surface area contributed by atoms with Crippen LogP contribution in [-0.2, 0) is 11.3 Å². The van der Waals surface area contributed by atoms with Crippen molar-refractivity contribution in [3.63, 3.8) is 0 Å². The third-order valence-corrected chi connectivity index (χ3v) is 5.44. The van der Waals surface area contributed by atoms with Gasteiger partial charge in [0.1, 0.15) is 0 Å². The second-order valence-electron chi connectivity index (χ2n) is 7.06. The summed E-state index contributed by atoms with van der Waals surface area (Å²) < 4.78 is 5.69. The number of nitrogens with zero attached hydrogens (tertiary/aromatic N) is 2. The highest BCUT2D eigenvalue weighted by Gasteiger charge is 2.58. The molecule has 0 radical (unpaired) electrons. The molecule has 0 aromatic heterocycles. The molecule has 0 amide bonds.